The number of carbonyl (C=O) groups excluding carboxylic acids is 1. The molecule has 32 heavy (non-hydrogen) atoms. The van der Waals surface area contributed by atoms with Crippen LogP contribution in [0.4, 0.5) is 0 Å². The topological polar surface area (TPSA) is 38.3 Å². The van der Waals surface area contributed by atoms with Gasteiger partial charge in [-0.05, 0) is 56.3 Å². The van der Waals surface area contributed by atoms with Crippen LogP contribution in [0, 0.1) is 5.41 Å². The van der Waals surface area contributed by atoms with Crippen molar-refractivity contribution in [2.75, 3.05) is 13.2 Å². The van der Waals surface area contributed by atoms with E-state index in [2.05, 4.69) is 96.3 Å². The predicted molar refractivity (Wildman–Crippen MR) is 131 cm³/mol. The third kappa shape index (κ3) is 5.46. The molecule has 0 spiro atoms. The average molecular weight is 430 g/mol. The van der Waals surface area contributed by atoms with Gasteiger partial charge in [-0.1, -0.05) is 97.9 Å². The molecule has 0 bridgehead atoms. The maximum atomic E-state index is 12.4. The summed E-state index contributed by atoms with van der Waals surface area (Å²) < 4.78 is 5.40. The monoisotopic (exact) mass is 429 g/mol. The second kappa shape index (κ2) is 11.1. The summed E-state index contributed by atoms with van der Waals surface area (Å²) in [5, 5.41) is 3.88. The number of hydrogen-bond donors (Lipinski definition) is 1. The molecule has 0 radical (unpaired) electrons. The SMILES string of the molecule is CCCOC(=O)C(C)(C)CCCNC(c1ccccc1)(c1ccccc1)c1ccccc1. The molecule has 0 atom stereocenters. The lowest BCUT2D eigenvalue weighted by molar-refractivity contribution is -0.154. The molecule has 0 aliphatic heterocycles. The molecule has 3 aromatic rings. The van der Waals surface area contributed by atoms with E-state index in [1.54, 1.807) is 0 Å². The summed E-state index contributed by atoms with van der Waals surface area (Å²) in [7, 11) is 0. The van der Waals surface area contributed by atoms with Crippen molar-refractivity contribution < 1.29 is 9.53 Å². The van der Waals surface area contributed by atoms with Gasteiger partial charge in [0.2, 0.25) is 0 Å². The molecule has 3 heteroatoms. The summed E-state index contributed by atoms with van der Waals surface area (Å²) in [6, 6.07) is 31.8. The highest BCUT2D eigenvalue weighted by molar-refractivity contribution is 5.75. The van der Waals surface area contributed by atoms with Gasteiger partial charge in [0.05, 0.1) is 17.6 Å². The maximum Gasteiger partial charge on any atom is 0.311 e. The fourth-order valence-corrected chi connectivity index (χ4v) is 4.17. The maximum absolute atomic E-state index is 12.4. The van der Waals surface area contributed by atoms with E-state index in [9.17, 15) is 4.79 Å². The largest absolute Gasteiger partial charge is 0.465 e. The van der Waals surface area contributed by atoms with Crippen LogP contribution in [-0.2, 0) is 15.1 Å². The number of ether oxygens (including phenoxy) is 1. The Morgan fingerprint density at radius 2 is 1.22 bits per heavy atom. The molecule has 0 saturated heterocycles. The van der Waals surface area contributed by atoms with Crippen molar-refractivity contribution in [3.8, 4) is 0 Å². The highest BCUT2D eigenvalue weighted by atomic mass is 16.5. The van der Waals surface area contributed by atoms with Gasteiger partial charge < -0.3 is 4.74 Å². The molecular formula is C29H35NO2. The van der Waals surface area contributed by atoms with Crippen molar-refractivity contribution in [1.29, 1.82) is 0 Å². The van der Waals surface area contributed by atoms with E-state index in [1.165, 1.54) is 16.7 Å². The molecule has 0 heterocycles. The lowest BCUT2D eigenvalue weighted by Gasteiger charge is -2.37. The number of benzene rings is 3. The zero-order chi connectivity index (χ0) is 22.9. The van der Waals surface area contributed by atoms with Gasteiger partial charge in [-0.2, -0.15) is 0 Å². The average Bonchev–Trinajstić information content (AvgIpc) is 2.84. The number of hydrogen-bond acceptors (Lipinski definition) is 3. The fraction of sp³-hybridized carbons (Fsp3) is 0.345. The van der Waals surface area contributed by atoms with Crippen LogP contribution in [0.25, 0.3) is 0 Å². The quantitative estimate of drug-likeness (QED) is 0.220. The zero-order valence-electron chi connectivity index (χ0n) is 19.5. The smallest absolute Gasteiger partial charge is 0.311 e. The van der Waals surface area contributed by atoms with Gasteiger partial charge in [-0.15, -0.1) is 0 Å². The Bertz CT molecular complexity index is 856. The van der Waals surface area contributed by atoms with Gasteiger partial charge in [0.1, 0.15) is 0 Å². The Hall–Kier alpha value is -2.91. The van der Waals surface area contributed by atoms with Crippen LogP contribution >= 0.6 is 0 Å². The van der Waals surface area contributed by atoms with Crippen molar-refractivity contribution >= 4 is 5.97 Å². The van der Waals surface area contributed by atoms with Crippen LogP contribution in [0.3, 0.4) is 0 Å². The van der Waals surface area contributed by atoms with E-state index in [4.69, 9.17) is 4.74 Å². The molecule has 3 rings (SSSR count). The minimum absolute atomic E-state index is 0.111. The third-order valence-corrected chi connectivity index (χ3v) is 5.98. The third-order valence-electron chi connectivity index (χ3n) is 5.98. The highest BCUT2D eigenvalue weighted by Crippen LogP contribution is 2.37. The molecule has 0 aliphatic carbocycles. The predicted octanol–water partition coefficient (Wildman–Crippen LogP) is 6.33. The molecule has 0 unspecified atom stereocenters. The van der Waals surface area contributed by atoms with Crippen LogP contribution in [0.1, 0.15) is 56.7 Å². The first-order valence-corrected chi connectivity index (χ1v) is 11.6. The normalized spacial score (nSPS) is 11.8. The Morgan fingerprint density at radius 3 is 1.62 bits per heavy atom. The van der Waals surface area contributed by atoms with Crippen LogP contribution in [0.15, 0.2) is 91.0 Å². The van der Waals surface area contributed by atoms with E-state index in [-0.39, 0.29) is 5.97 Å². The highest BCUT2D eigenvalue weighted by Gasteiger charge is 2.36. The summed E-state index contributed by atoms with van der Waals surface area (Å²) in [6.45, 7) is 7.22. The summed E-state index contributed by atoms with van der Waals surface area (Å²) in [5.74, 6) is -0.111. The van der Waals surface area contributed by atoms with Crippen molar-refractivity contribution in [2.24, 2.45) is 5.41 Å². The summed E-state index contributed by atoms with van der Waals surface area (Å²) in [6.07, 6.45) is 2.47. The fourth-order valence-electron chi connectivity index (χ4n) is 4.17. The van der Waals surface area contributed by atoms with Gasteiger partial charge in [-0.25, -0.2) is 0 Å². The van der Waals surface area contributed by atoms with Gasteiger partial charge in [-0.3, -0.25) is 10.1 Å². The second-order valence-electron chi connectivity index (χ2n) is 8.90. The molecule has 0 aliphatic rings. The van der Waals surface area contributed by atoms with E-state index >= 15 is 0 Å². The van der Waals surface area contributed by atoms with Crippen molar-refractivity contribution in [2.45, 2.75) is 45.6 Å². The van der Waals surface area contributed by atoms with E-state index in [0.29, 0.717) is 6.61 Å². The van der Waals surface area contributed by atoms with E-state index in [0.717, 1.165) is 25.8 Å². The molecule has 0 amide bonds. The summed E-state index contributed by atoms with van der Waals surface area (Å²) >= 11 is 0. The van der Waals surface area contributed by atoms with Gasteiger partial charge >= 0.3 is 5.97 Å². The van der Waals surface area contributed by atoms with E-state index < -0.39 is 11.0 Å². The van der Waals surface area contributed by atoms with Crippen molar-refractivity contribution in [3.05, 3.63) is 108 Å². The number of esters is 1. The first-order valence-electron chi connectivity index (χ1n) is 11.6. The van der Waals surface area contributed by atoms with E-state index in [1.807, 2.05) is 20.8 Å². The van der Waals surface area contributed by atoms with Crippen LogP contribution in [0.5, 0.6) is 0 Å². The second-order valence-corrected chi connectivity index (χ2v) is 8.90. The number of nitrogens with one attached hydrogen (secondary N) is 1. The Morgan fingerprint density at radius 1 is 0.781 bits per heavy atom. The first-order chi connectivity index (χ1) is 15.5. The van der Waals surface area contributed by atoms with Crippen LogP contribution in [0.2, 0.25) is 0 Å². The molecule has 0 fully saturated rings. The lowest BCUT2D eigenvalue weighted by Crippen LogP contribution is -2.45. The lowest BCUT2D eigenvalue weighted by atomic mass is 9.76. The summed E-state index contributed by atoms with van der Waals surface area (Å²) in [5.41, 5.74) is 2.61. The van der Waals surface area contributed by atoms with Crippen LogP contribution in [-0.4, -0.2) is 19.1 Å². The number of carbonyl (C=O) groups is 1. The van der Waals surface area contributed by atoms with Gasteiger partial charge in [0.15, 0.2) is 0 Å². The molecule has 3 aromatic carbocycles. The Balaban J connectivity index is 1.88. The minimum atomic E-state index is -0.494. The standard InChI is InChI=1S/C29H35NO2/c1-4-23-32-27(31)28(2,3)21-14-22-30-29(24-15-8-5-9-16-24,25-17-10-6-11-18-25)26-19-12-7-13-20-26/h5-13,15-20,30H,4,14,21-23H2,1-3H3. The van der Waals surface area contributed by atoms with Crippen molar-refractivity contribution in [3.63, 3.8) is 0 Å². The minimum Gasteiger partial charge on any atom is -0.465 e. The molecule has 1 N–H and O–H groups in total. The molecular weight excluding hydrogens is 394 g/mol. The van der Waals surface area contributed by atoms with Crippen molar-refractivity contribution in [1.82, 2.24) is 5.32 Å². The van der Waals surface area contributed by atoms with Gasteiger partial charge in [0, 0.05) is 0 Å². The Kier molecular flexibility index (Phi) is 8.24. The van der Waals surface area contributed by atoms with Crippen LogP contribution < -0.4 is 5.32 Å². The molecule has 0 aromatic heterocycles. The van der Waals surface area contributed by atoms with Gasteiger partial charge in [0.25, 0.3) is 0 Å². The molecule has 3 nitrogen and oxygen atoms in total. The summed E-state index contributed by atoms with van der Waals surface area (Å²) in [4.78, 5) is 12.4. The first kappa shape index (κ1) is 23.7. The Labute approximate surface area is 192 Å². The zero-order valence-corrected chi connectivity index (χ0v) is 19.5. The molecule has 0 saturated carbocycles. The number of rotatable bonds is 11. The molecule has 168 valence electrons.